The van der Waals surface area contributed by atoms with Crippen LogP contribution >= 0.6 is 0 Å². The van der Waals surface area contributed by atoms with Crippen LogP contribution in [-0.2, 0) is 9.59 Å². The molecule has 120 valence electrons. The Labute approximate surface area is 133 Å². The molecule has 3 heterocycles. The second-order valence-corrected chi connectivity index (χ2v) is 5.65. The standard InChI is InChI=1S/C15H17N5O3/c16-8-12-14(18-6-5-17-12)23-10-2-1-7-20(9-10)15(22)11-3-4-13(21)19-11/h5-6,10-11H,1-4,7,9H2,(H,19,21)/t10-,11+/m0/s1. The highest BCUT2D eigenvalue weighted by atomic mass is 16.5. The third-order valence-electron chi connectivity index (χ3n) is 4.03. The summed E-state index contributed by atoms with van der Waals surface area (Å²) in [6.07, 6.45) is 5.20. The molecular formula is C15H17N5O3. The van der Waals surface area contributed by atoms with E-state index in [9.17, 15) is 9.59 Å². The average molecular weight is 315 g/mol. The fraction of sp³-hybridized carbons (Fsp3) is 0.533. The molecule has 8 heteroatoms. The molecule has 2 amide bonds. The number of aromatic nitrogens is 2. The van der Waals surface area contributed by atoms with Crippen molar-refractivity contribution in [2.75, 3.05) is 13.1 Å². The molecule has 0 unspecified atom stereocenters. The smallest absolute Gasteiger partial charge is 0.251 e. The summed E-state index contributed by atoms with van der Waals surface area (Å²) in [7, 11) is 0. The highest BCUT2D eigenvalue weighted by molar-refractivity contribution is 5.90. The molecular weight excluding hydrogens is 298 g/mol. The molecule has 2 saturated heterocycles. The largest absolute Gasteiger partial charge is 0.470 e. The molecule has 0 spiro atoms. The van der Waals surface area contributed by atoms with E-state index in [1.165, 1.54) is 12.4 Å². The van der Waals surface area contributed by atoms with Crippen LogP contribution in [-0.4, -0.2) is 51.9 Å². The second kappa shape index (κ2) is 6.60. The molecule has 23 heavy (non-hydrogen) atoms. The molecule has 2 atom stereocenters. The summed E-state index contributed by atoms with van der Waals surface area (Å²) in [6.45, 7) is 1.07. The van der Waals surface area contributed by atoms with Crippen molar-refractivity contribution in [1.82, 2.24) is 20.2 Å². The van der Waals surface area contributed by atoms with E-state index in [2.05, 4.69) is 15.3 Å². The van der Waals surface area contributed by atoms with E-state index in [1.807, 2.05) is 6.07 Å². The Morgan fingerprint density at radius 3 is 2.96 bits per heavy atom. The van der Waals surface area contributed by atoms with Gasteiger partial charge in [0.2, 0.25) is 17.5 Å². The maximum Gasteiger partial charge on any atom is 0.251 e. The summed E-state index contributed by atoms with van der Waals surface area (Å²) >= 11 is 0. The predicted molar refractivity (Wildman–Crippen MR) is 78.1 cm³/mol. The van der Waals surface area contributed by atoms with E-state index in [1.54, 1.807) is 4.90 Å². The van der Waals surface area contributed by atoms with E-state index in [4.69, 9.17) is 10.00 Å². The molecule has 1 N–H and O–H groups in total. The van der Waals surface area contributed by atoms with Crippen LogP contribution in [0.5, 0.6) is 5.88 Å². The molecule has 1 aromatic heterocycles. The second-order valence-electron chi connectivity index (χ2n) is 5.65. The Bertz CT molecular complexity index is 657. The lowest BCUT2D eigenvalue weighted by Gasteiger charge is -2.34. The van der Waals surface area contributed by atoms with Crippen LogP contribution in [0.25, 0.3) is 0 Å². The Balaban J connectivity index is 1.63. The van der Waals surface area contributed by atoms with E-state index >= 15 is 0 Å². The predicted octanol–water partition coefficient (Wildman–Crippen LogP) is -0.00332. The fourth-order valence-electron chi connectivity index (χ4n) is 2.90. The highest BCUT2D eigenvalue weighted by Gasteiger charge is 2.33. The van der Waals surface area contributed by atoms with Crippen LogP contribution in [0.4, 0.5) is 0 Å². The number of nitrogens with zero attached hydrogens (tertiary/aromatic N) is 4. The normalized spacial score (nSPS) is 24.0. The number of amides is 2. The van der Waals surface area contributed by atoms with Gasteiger partial charge in [-0.25, -0.2) is 9.97 Å². The average Bonchev–Trinajstić information content (AvgIpc) is 3.01. The van der Waals surface area contributed by atoms with Gasteiger partial charge in [-0.2, -0.15) is 5.26 Å². The highest BCUT2D eigenvalue weighted by Crippen LogP contribution is 2.20. The Hall–Kier alpha value is -2.69. The molecule has 0 aliphatic carbocycles. The Morgan fingerprint density at radius 1 is 1.39 bits per heavy atom. The maximum absolute atomic E-state index is 12.4. The Kier molecular flexibility index (Phi) is 4.37. The van der Waals surface area contributed by atoms with Crippen LogP contribution in [0, 0.1) is 11.3 Å². The van der Waals surface area contributed by atoms with Crippen molar-refractivity contribution in [2.45, 2.75) is 37.8 Å². The molecule has 2 aliphatic heterocycles. The number of rotatable bonds is 3. The van der Waals surface area contributed by atoms with Gasteiger partial charge in [-0.1, -0.05) is 0 Å². The Morgan fingerprint density at radius 2 is 2.22 bits per heavy atom. The molecule has 2 fully saturated rings. The van der Waals surface area contributed by atoms with Crippen molar-refractivity contribution < 1.29 is 14.3 Å². The zero-order valence-electron chi connectivity index (χ0n) is 12.6. The van der Waals surface area contributed by atoms with Crippen LogP contribution < -0.4 is 10.1 Å². The summed E-state index contributed by atoms with van der Waals surface area (Å²) in [5, 5.41) is 11.7. The quantitative estimate of drug-likeness (QED) is 0.841. The molecule has 3 rings (SSSR count). The number of ether oxygens (including phenoxy) is 1. The van der Waals surface area contributed by atoms with E-state index in [-0.39, 0.29) is 29.5 Å². The third kappa shape index (κ3) is 3.39. The summed E-state index contributed by atoms with van der Waals surface area (Å²) < 4.78 is 5.76. The van der Waals surface area contributed by atoms with Gasteiger partial charge in [0.1, 0.15) is 18.2 Å². The summed E-state index contributed by atoms with van der Waals surface area (Å²) in [5.74, 6) is 0.0543. The minimum absolute atomic E-state index is 0.0659. The van der Waals surface area contributed by atoms with Gasteiger partial charge in [-0.05, 0) is 19.3 Å². The van der Waals surface area contributed by atoms with Gasteiger partial charge in [0.05, 0.1) is 6.54 Å². The van der Waals surface area contributed by atoms with Crippen molar-refractivity contribution in [1.29, 1.82) is 5.26 Å². The third-order valence-corrected chi connectivity index (χ3v) is 4.03. The first-order valence-electron chi connectivity index (χ1n) is 7.63. The molecule has 1 aromatic rings. The first-order valence-corrected chi connectivity index (χ1v) is 7.63. The SMILES string of the molecule is N#Cc1nccnc1O[C@H]1CCCN(C(=O)[C@H]2CCC(=O)N2)C1. The molecule has 0 saturated carbocycles. The van der Waals surface area contributed by atoms with Crippen molar-refractivity contribution in [3.63, 3.8) is 0 Å². The lowest BCUT2D eigenvalue weighted by Crippen LogP contribution is -2.50. The topological polar surface area (TPSA) is 108 Å². The number of carbonyl (C=O) groups excluding carboxylic acids is 2. The number of hydrogen-bond acceptors (Lipinski definition) is 6. The number of nitrogens with one attached hydrogen (secondary N) is 1. The van der Waals surface area contributed by atoms with Crippen LogP contribution in [0.15, 0.2) is 12.4 Å². The van der Waals surface area contributed by atoms with Gasteiger partial charge >= 0.3 is 0 Å². The minimum Gasteiger partial charge on any atom is -0.470 e. The molecule has 0 radical (unpaired) electrons. The van der Waals surface area contributed by atoms with E-state index in [0.29, 0.717) is 25.9 Å². The van der Waals surface area contributed by atoms with Crippen molar-refractivity contribution in [2.24, 2.45) is 0 Å². The van der Waals surface area contributed by atoms with Crippen molar-refractivity contribution in [3.8, 4) is 11.9 Å². The first kappa shape index (κ1) is 15.2. The van der Waals surface area contributed by atoms with Gasteiger partial charge in [0.15, 0.2) is 0 Å². The summed E-state index contributed by atoms with van der Waals surface area (Å²) in [5.41, 5.74) is 0.138. The van der Waals surface area contributed by atoms with Crippen LogP contribution in [0.2, 0.25) is 0 Å². The number of likely N-dealkylation sites (tertiary alicyclic amines) is 1. The lowest BCUT2D eigenvalue weighted by molar-refractivity contribution is -0.136. The first-order chi connectivity index (χ1) is 11.2. The van der Waals surface area contributed by atoms with Gasteiger partial charge < -0.3 is 15.0 Å². The molecule has 2 aliphatic rings. The van der Waals surface area contributed by atoms with Gasteiger partial charge in [0.25, 0.3) is 5.88 Å². The zero-order valence-corrected chi connectivity index (χ0v) is 12.6. The van der Waals surface area contributed by atoms with Gasteiger partial charge in [-0.3, -0.25) is 9.59 Å². The number of nitriles is 1. The minimum atomic E-state index is -0.424. The molecule has 8 nitrogen and oxygen atoms in total. The summed E-state index contributed by atoms with van der Waals surface area (Å²) in [4.78, 5) is 33.4. The molecule has 0 bridgehead atoms. The maximum atomic E-state index is 12.4. The monoisotopic (exact) mass is 315 g/mol. The van der Waals surface area contributed by atoms with E-state index in [0.717, 1.165) is 12.8 Å². The van der Waals surface area contributed by atoms with Crippen molar-refractivity contribution in [3.05, 3.63) is 18.1 Å². The number of piperidine rings is 1. The number of hydrogen-bond donors (Lipinski definition) is 1. The molecule has 0 aromatic carbocycles. The van der Waals surface area contributed by atoms with Crippen LogP contribution in [0.3, 0.4) is 0 Å². The summed E-state index contributed by atoms with van der Waals surface area (Å²) in [6, 6.07) is 1.52. The van der Waals surface area contributed by atoms with Gasteiger partial charge in [-0.15, -0.1) is 0 Å². The van der Waals surface area contributed by atoms with Crippen LogP contribution in [0.1, 0.15) is 31.4 Å². The van der Waals surface area contributed by atoms with E-state index < -0.39 is 6.04 Å². The van der Waals surface area contributed by atoms with Crippen molar-refractivity contribution >= 4 is 11.8 Å². The zero-order chi connectivity index (χ0) is 16.2. The van der Waals surface area contributed by atoms with Gasteiger partial charge in [0, 0.05) is 25.4 Å². The number of carbonyl (C=O) groups is 2. The lowest BCUT2D eigenvalue weighted by atomic mass is 10.1. The fourth-order valence-corrected chi connectivity index (χ4v) is 2.90.